The van der Waals surface area contributed by atoms with Gasteiger partial charge in [-0.15, -0.1) is 0 Å². The van der Waals surface area contributed by atoms with Crippen LogP contribution in [0.1, 0.15) is 43.6 Å². The van der Waals surface area contributed by atoms with Gasteiger partial charge in [0, 0.05) is 30.6 Å². The van der Waals surface area contributed by atoms with Gasteiger partial charge in [-0.25, -0.2) is 4.79 Å². The number of hydrogen-bond donors (Lipinski definition) is 1. The number of nitrogens with one attached hydrogen (secondary N) is 1. The first-order chi connectivity index (χ1) is 12.8. The van der Waals surface area contributed by atoms with E-state index >= 15 is 0 Å². The molecule has 0 unspecified atom stereocenters. The molecule has 2 heterocycles. The highest BCUT2D eigenvalue weighted by atomic mass is 16.5. The third-order valence-corrected chi connectivity index (χ3v) is 4.45. The first kappa shape index (κ1) is 20.7. The summed E-state index contributed by atoms with van der Waals surface area (Å²) in [5.74, 6) is -1.20. The molecule has 7 nitrogen and oxygen atoms in total. The van der Waals surface area contributed by atoms with Gasteiger partial charge in [-0.2, -0.15) is 5.26 Å². The fourth-order valence-corrected chi connectivity index (χ4v) is 3.11. The summed E-state index contributed by atoms with van der Waals surface area (Å²) in [6.45, 7) is 8.70. The highest BCUT2D eigenvalue weighted by molar-refractivity contribution is 5.99. The molecule has 1 N–H and O–H groups in total. The maximum Gasteiger partial charge on any atom is 0.349 e. The van der Waals surface area contributed by atoms with Gasteiger partial charge >= 0.3 is 5.97 Å². The molecule has 0 aromatic carbocycles. The molecular formula is C20H27N3O4. The molecule has 1 amide bonds. The molecule has 1 aliphatic heterocycles. The van der Waals surface area contributed by atoms with Crippen molar-refractivity contribution in [3.8, 4) is 6.07 Å². The largest absolute Gasteiger partial charge is 0.451 e. The summed E-state index contributed by atoms with van der Waals surface area (Å²) in [6, 6.07) is 3.75. The lowest BCUT2D eigenvalue weighted by molar-refractivity contribution is -0.144. The van der Waals surface area contributed by atoms with Crippen molar-refractivity contribution >= 4 is 18.0 Å². The van der Waals surface area contributed by atoms with Crippen molar-refractivity contribution in [2.75, 3.05) is 13.2 Å². The lowest BCUT2D eigenvalue weighted by atomic mass is 10.1. The van der Waals surface area contributed by atoms with E-state index < -0.39 is 18.5 Å². The average molecular weight is 373 g/mol. The number of hydrogen-bond acceptors (Lipinski definition) is 5. The fourth-order valence-electron chi connectivity index (χ4n) is 3.11. The van der Waals surface area contributed by atoms with E-state index in [4.69, 9.17) is 9.47 Å². The van der Waals surface area contributed by atoms with E-state index in [1.54, 1.807) is 0 Å². The van der Waals surface area contributed by atoms with Gasteiger partial charge in [0.2, 0.25) is 0 Å². The summed E-state index contributed by atoms with van der Waals surface area (Å²) >= 11 is 0. The van der Waals surface area contributed by atoms with E-state index in [0.717, 1.165) is 42.9 Å². The normalized spacial score (nSPS) is 17.0. The summed E-state index contributed by atoms with van der Waals surface area (Å²) in [7, 11) is 0. The molecule has 1 aromatic heterocycles. The number of nitrogens with zero attached hydrogens (tertiary/aromatic N) is 2. The summed E-state index contributed by atoms with van der Waals surface area (Å²) in [4.78, 5) is 23.7. The molecule has 1 aromatic rings. The lowest BCUT2D eigenvalue weighted by Gasteiger charge is -2.14. The Labute approximate surface area is 159 Å². The first-order valence-corrected chi connectivity index (χ1v) is 9.18. The number of carbonyl (C=O) groups is 2. The molecule has 1 saturated heterocycles. The number of ether oxygens (including phenoxy) is 2. The number of esters is 1. The molecule has 0 spiro atoms. The summed E-state index contributed by atoms with van der Waals surface area (Å²) in [6.07, 6.45) is 3.82. The first-order valence-electron chi connectivity index (χ1n) is 9.18. The maximum absolute atomic E-state index is 12.1. The highest BCUT2D eigenvalue weighted by Gasteiger charge is 2.20. The number of amides is 1. The minimum absolute atomic E-state index is 0.0450. The molecule has 0 aliphatic carbocycles. The minimum atomic E-state index is -0.805. The van der Waals surface area contributed by atoms with Crippen molar-refractivity contribution in [2.45, 2.75) is 59.2 Å². The molecule has 2 rings (SSSR count). The van der Waals surface area contributed by atoms with Crippen LogP contribution in [0.15, 0.2) is 11.6 Å². The Bertz CT molecular complexity index is 765. The van der Waals surface area contributed by atoms with Crippen LogP contribution in [0.3, 0.4) is 0 Å². The van der Waals surface area contributed by atoms with Gasteiger partial charge in [-0.1, -0.05) is 0 Å². The second-order valence-corrected chi connectivity index (χ2v) is 7.04. The topological polar surface area (TPSA) is 93.4 Å². The Morgan fingerprint density at radius 2 is 2.22 bits per heavy atom. The molecule has 1 aliphatic rings. The van der Waals surface area contributed by atoms with Crippen LogP contribution in [0.5, 0.6) is 0 Å². The van der Waals surface area contributed by atoms with Gasteiger partial charge in [0.1, 0.15) is 11.6 Å². The van der Waals surface area contributed by atoms with Crippen molar-refractivity contribution in [3.63, 3.8) is 0 Å². The van der Waals surface area contributed by atoms with Crippen molar-refractivity contribution < 1.29 is 19.1 Å². The number of aryl methyl sites for hydroxylation is 1. The molecule has 0 bridgehead atoms. The monoisotopic (exact) mass is 373 g/mol. The van der Waals surface area contributed by atoms with Gasteiger partial charge in [0.05, 0.1) is 6.10 Å². The molecule has 1 fully saturated rings. The van der Waals surface area contributed by atoms with Crippen LogP contribution in [0.25, 0.3) is 6.08 Å². The van der Waals surface area contributed by atoms with Gasteiger partial charge in [-0.05, 0) is 58.2 Å². The number of rotatable bonds is 7. The number of nitriles is 1. The summed E-state index contributed by atoms with van der Waals surface area (Å²) in [5, 5.41) is 11.9. The van der Waals surface area contributed by atoms with Gasteiger partial charge in [-0.3, -0.25) is 4.79 Å². The lowest BCUT2D eigenvalue weighted by Crippen LogP contribution is -2.34. The van der Waals surface area contributed by atoms with E-state index in [1.165, 1.54) is 6.08 Å². The van der Waals surface area contributed by atoms with Crippen LogP contribution in [0, 0.1) is 25.2 Å². The summed E-state index contributed by atoms with van der Waals surface area (Å²) in [5.41, 5.74) is 2.65. The van der Waals surface area contributed by atoms with Crippen LogP contribution in [0.4, 0.5) is 0 Å². The second-order valence-electron chi connectivity index (χ2n) is 7.04. The molecule has 146 valence electrons. The van der Waals surface area contributed by atoms with Gasteiger partial charge in [0.25, 0.3) is 5.91 Å². The predicted molar refractivity (Wildman–Crippen MR) is 101 cm³/mol. The second kappa shape index (κ2) is 9.38. The Hall–Kier alpha value is -2.59. The molecule has 0 saturated carbocycles. The molecule has 27 heavy (non-hydrogen) atoms. The predicted octanol–water partition coefficient (Wildman–Crippen LogP) is 2.26. The zero-order valence-electron chi connectivity index (χ0n) is 16.4. The quantitative estimate of drug-likeness (QED) is 0.449. The van der Waals surface area contributed by atoms with Crippen LogP contribution in [0.2, 0.25) is 0 Å². The van der Waals surface area contributed by atoms with Gasteiger partial charge in [0.15, 0.2) is 6.61 Å². The van der Waals surface area contributed by atoms with E-state index in [-0.39, 0.29) is 17.7 Å². The Kier molecular flexibility index (Phi) is 7.19. The van der Waals surface area contributed by atoms with E-state index in [2.05, 4.69) is 9.88 Å². The maximum atomic E-state index is 12.1. The molecular weight excluding hydrogens is 346 g/mol. The van der Waals surface area contributed by atoms with E-state index in [0.29, 0.717) is 0 Å². The third kappa shape index (κ3) is 5.69. The zero-order chi connectivity index (χ0) is 20.0. The fraction of sp³-hybridized carbons (Fsp3) is 0.550. The van der Waals surface area contributed by atoms with Crippen LogP contribution in [-0.2, 0) is 25.6 Å². The SMILES string of the molecule is Cc1cc(/C=C(\C#N)C(=O)OCC(=O)NC(C)C)c(C)n1C[C@@H]1CCCO1. The molecule has 7 heteroatoms. The minimum Gasteiger partial charge on any atom is -0.451 e. The summed E-state index contributed by atoms with van der Waals surface area (Å²) < 4.78 is 12.8. The Balaban J connectivity index is 2.09. The van der Waals surface area contributed by atoms with Crippen molar-refractivity contribution in [3.05, 3.63) is 28.6 Å². The third-order valence-electron chi connectivity index (χ3n) is 4.45. The molecule has 0 radical (unpaired) electrons. The standard InChI is InChI=1S/C20H27N3O4/c1-13(2)22-19(24)12-27-20(25)17(10-21)9-16-8-14(3)23(15(16)4)11-18-6-5-7-26-18/h8-9,13,18H,5-7,11-12H2,1-4H3,(H,22,24)/b17-9+/t18-/m0/s1. The Morgan fingerprint density at radius 3 is 2.81 bits per heavy atom. The van der Waals surface area contributed by atoms with Crippen molar-refractivity contribution in [1.82, 2.24) is 9.88 Å². The number of aromatic nitrogens is 1. The van der Waals surface area contributed by atoms with Crippen LogP contribution in [-0.4, -0.2) is 41.8 Å². The zero-order valence-corrected chi connectivity index (χ0v) is 16.4. The van der Waals surface area contributed by atoms with Gasteiger partial charge < -0.3 is 19.4 Å². The smallest absolute Gasteiger partial charge is 0.349 e. The number of carbonyl (C=O) groups excluding carboxylic acids is 2. The van der Waals surface area contributed by atoms with Crippen LogP contribution >= 0.6 is 0 Å². The van der Waals surface area contributed by atoms with Crippen molar-refractivity contribution in [2.24, 2.45) is 0 Å². The van der Waals surface area contributed by atoms with E-state index in [1.807, 2.05) is 39.8 Å². The van der Waals surface area contributed by atoms with Crippen molar-refractivity contribution in [1.29, 1.82) is 5.26 Å². The molecule has 1 atom stereocenters. The highest BCUT2D eigenvalue weighted by Crippen LogP contribution is 2.22. The van der Waals surface area contributed by atoms with E-state index in [9.17, 15) is 14.9 Å². The average Bonchev–Trinajstić information content (AvgIpc) is 3.21. The Morgan fingerprint density at radius 1 is 1.48 bits per heavy atom. The van der Waals surface area contributed by atoms with Crippen LogP contribution < -0.4 is 5.32 Å².